The first-order chi connectivity index (χ1) is 27.8. The smallest absolute Gasteiger partial charge is 0.408 e. The molecule has 3 saturated heterocycles. The molecule has 5 N–H and O–H groups in total. The molecule has 4 aromatic carbocycles. The lowest BCUT2D eigenvalue weighted by Crippen LogP contribution is -2.52. The number of pyridine rings is 1. The van der Waals surface area contributed by atoms with Crippen molar-refractivity contribution in [1.82, 2.24) is 20.5 Å². The summed E-state index contributed by atoms with van der Waals surface area (Å²) >= 11 is 0. The van der Waals surface area contributed by atoms with E-state index in [1.807, 2.05) is 66.7 Å². The van der Waals surface area contributed by atoms with Gasteiger partial charge >= 0.3 is 12.1 Å². The number of aliphatic hydroxyl groups excluding tert-OH is 1. The van der Waals surface area contributed by atoms with E-state index in [0.717, 1.165) is 55.6 Å². The number of hydrogen-bond donors (Lipinski definition) is 5. The van der Waals surface area contributed by atoms with Crippen molar-refractivity contribution >= 4 is 23.0 Å². The summed E-state index contributed by atoms with van der Waals surface area (Å²) in [5.74, 6) is 0.681. The first-order valence-corrected chi connectivity index (χ1v) is 19.8. The zero-order valence-corrected chi connectivity index (χ0v) is 31.9. The molecule has 0 aliphatic carbocycles. The molecule has 2 bridgehead atoms. The van der Waals surface area contributed by atoms with Crippen LogP contribution in [0.25, 0.3) is 10.9 Å². The maximum absolute atomic E-state index is 13.2. The summed E-state index contributed by atoms with van der Waals surface area (Å²) in [5.41, 5.74) is 3.90. The molecule has 3 aliphatic rings. The largest absolute Gasteiger partial charge is 0.506 e. The fraction of sp³-hybridized carbons (Fsp3) is 0.356. The average molecular weight is 775 g/mol. The normalized spacial score (nSPS) is 18.4. The zero-order valence-electron chi connectivity index (χ0n) is 31.9. The van der Waals surface area contributed by atoms with Crippen LogP contribution in [0, 0.1) is 5.92 Å². The van der Waals surface area contributed by atoms with Crippen LogP contribution in [0.15, 0.2) is 108 Å². The summed E-state index contributed by atoms with van der Waals surface area (Å²) in [5, 5.41) is 27.7. The summed E-state index contributed by atoms with van der Waals surface area (Å²) in [6.07, 6.45) is 2.84. The Hall–Kier alpha value is -5.69. The summed E-state index contributed by atoms with van der Waals surface area (Å²) in [6, 6.07) is 30.6. The number of esters is 1. The van der Waals surface area contributed by atoms with E-state index in [-0.39, 0.29) is 36.5 Å². The molecule has 1 unspecified atom stereocenters. The molecule has 3 fully saturated rings. The van der Waals surface area contributed by atoms with Gasteiger partial charge in [0.15, 0.2) is 0 Å². The van der Waals surface area contributed by atoms with Crippen molar-refractivity contribution in [3.05, 3.63) is 141 Å². The molecule has 8 rings (SSSR count). The van der Waals surface area contributed by atoms with Crippen LogP contribution < -0.4 is 20.9 Å². The zero-order chi connectivity index (χ0) is 39.6. The highest BCUT2D eigenvalue weighted by atomic mass is 16.6. The summed E-state index contributed by atoms with van der Waals surface area (Å²) < 4.78 is 17.6. The Balaban J connectivity index is 0.823. The van der Waals surface area contributed by atoms with Crippen LogP contribution in [0.2, 0.25) is 0 Å². The molecule has 3 atom stereocenters. The second kappa shape index (κ2) is 19.0. The van der Waals surface area contributed by atoms with Gasteiger partial charge in [-0.3, -0.25) is 9.69 Å². The molecule has 4 heterocycles. The third-order valence-electron chi connectivity index (χ3n) is 10.9. The van der Waals surface area contributed by atoms with E-state index in [1.54, 1.807) is 24.3 Å². The number of aromatic nitrogens is 1. The van der Waals surface area contributed by atoms with Gasteiger partial charge in [0.25, 0.3) is 0 Å². The number of aromatic amines is 1. The second-order valence-electron chi connectivity index (χ2n) is 14.8. The number of aliphatic hydroxyl groups is 1. The molecular formula is C45H50N4O8. The summed E-state index contributed by atoms with van der Waals surface area (Å²) in [7, 11) is 0. The van der Waals surface area contributed by atoms with Crippen LogP contribution in [0.5, 0.6) is 11.5 Å². The number of nitrogens with zero attached hydrogens (tertiary/aromatic N) is 1. The maximum atomic E-state index is 13.2. The molecule has 0 spiro atoms. The van der Waals surface area contributed by atoms with Gasteiger partial charge < -0.3 is 40.0 Å². The van der Waals surface area contributed by atoms with Crippen LogP contribution in [0.4, 0.5) is 4.79 Å². The number of carbonyl (C=O) groups is 2. The Morgan fingerprint density at radius 2 is 1.67 bits per heavy atom. The van der Waals surface area contributed by atoms with Crippen molar-refractivity contribution in [3.63, 3.8) is 0 Å². The van der Waals surface area contributed by atoms with Crippen molar-refractivity contribution in [2.24, 2.45) is 5.92 Å². The van der Waals surface area contributed by atoms with E-state index in [9.17, 15) is 24.6 Å². The van der Waals surface area contributed by atoms with Crippen molar-refractivity contribution in [1.29, 1.82) is 0 Å². The van der Waals surface area contributed by atoms with Gasteiger partial charge in [-0.1, -0.05) is 60.7 Å². The summed E-state index contributed by atoms with van der Waals surface area (Å²) in [4.78, 5) is 42.5. The van der Waals surface area contributed by atoms with Crippen molar-refractivity contribution in [3.8, 4) is 11.5 Å². The van der Waals surface area contributed by atoms with Crippen LogP contribution in [-0.4, -0.2) is 84.2 Å². The van der Waals surface area contributed by atoms with Crippen LogP contribution in [0.1, 0.15) is 70.4 Å². The minimum Gasteiger partial charge on any atom is -0.506 e. The van der Waals surface area contributed by atoms with Gasteiger partial charge in [0.2, 0.25) is 5.56 Å². The maximum Gasteiger partial charge on any atom is 0.408 e. The number of alkyl carbamates (subject to hydrolysis) is 1. The lowest BCUT2D eigenvalue weighted by atomic mass is 9.86. The number of rotatable bonds is 17. The number of aromatic hydroxyl groups is 1. The molecule has 0 radical (unpaired) electrons. The number of benzene rings is 4. The van der Waals surface area contributed by atoms with Gasteiger partial charge in [0.05, 0.1) is 36.4 Å². The number of phenols is 1. The fourth-order valence-electron chi connectivity index (χ4n) is 7.71. The highest BCUT2D eigenvalue weighted by Crippen LogP contribution is 2.31. The first kappa shape index (κ1) is 39.5. The number of nitrogens with one attached hydrogen (secondary N) is 3. The van der Waals surface area contributed by atoms with Gasteiger partial charge in [-0.05, 0) is 110 Å². The highest BCUT2D eigenvalue weighted by molar-refractivity contribution is 5.89. The van der Waals surface area contributed by atoms with E-state index in [2.05, 4.69) is 20.5 Å². The Bertz CT molecular complexity index is 2170. The van der Waals surface area contributed by atoms with Crippen LogP contribution in [-0.2, 0) is 15.9 Å². The van der Waals surface area contributed by atoms with Gasteiger partial charge in [-0.15, -0.1) is 0 Å². The quantitative estimate of drug-likeness (QED) is 0.0558. The van der Waals surface area contributed by atoms with Crippen molar-refractivity contribution < 1.29 is 34.0 Å². The van der Waals surface area contributed by atoms with E-state index < -0.39 is 18.2 Å². The van der Waals surface area contributed by atoms with E-state index in [0.29, 0.717) is 59.7 Å². The second-order valence-corrected chi connectivity index (χ2v) is 14.8. The van der Waals surface area contributed by atoms with Crippen LogP contribution in [0.3, 0.4) is 0 Å². The number of phenolic OH excluding ortho intramolecular Hbond substituents is 1. The highest BCUT2D eigenvalue weighted by Gasteiger charge is 2.37. The van der Waals surface area contributed by atoms with Crippen molar-refractivity contribution in [2.45, 2.75) is 50.4 Å². The Morgan fingerprint density at radius 3 is 2.44 bits per heavy atom. The van der Waals surface area contributed by atoms with Crippen molar-refractivity contribution in [2.75, 3.05) is 45.9 Å². The van der Waals surface area contributed by atoms with E-state index in [1.165, 1.54) is 12.1 Å². The number of fused-ring (bicyclic) bond motifs is 4. The average Bonchev–Trinajstić information content (AvgIpc) is 3.23. The SMILES string of the molecule is O=C(NC(c1ccccc1)c1cccc(OCCc2ccc(C(=O)OCCCCNC[C@@H](O)c3ccc(O)c4[nH]c(=O)ccc34)cc2)c1)O[C@H]1CN2CCC1CC2. The van der Waals surface area contributed by atoms with E-state index in [4.69, 9.17) is 14.2 Å². The number of H-pyrrole nitrogens is 1. The predicted molar refractivity (Wildman–Crippen MR) is 217 cm³/mol. The molecule has 3 aliphatic heterocycles. The molecule has 12 nitrogen and oxygen atoms in total. The number of hydrogen-bond acceptors (Lipinski definition) is 10. The van der Waals surface area contributed by atoms with Gasteiger partial charge in [0.1, 0.15) is 17.6 Å². The molecule has 0 saturated carbocycles. The lowest BCUT2D eigenvalue weighted by Gasteiger charge is -2.43. The molecular weight excluding hydrogens is 725 g/mol. The molecule has 57 heavy (non-hydrogen) atoms. The predicted octanol–water partition coefficient (Wildman–Crippen LogP) is 6.03. The Kier molecular flexibility index (Phi) is 13.2. The summed E-state index contributed by atoms with van der Waals surface area (Å²) in [6.45, 7) is 4.56. The minimum absolute atomic E-state index is 0.0521. The number of piperidine rings is 3. The molecule has 298 valence electrons. The number of ether oxygens (including phenoxy) is 3. The number of amides is 1. The van der Waals surface area contributed by atoms with Gasteiger partial charge in [-0.2, -0.15) is 0 Å². The molecule has 1 amide bonds. The van der Waals surface area contributed by atoms with Gasteiger partial charge in [-0.25, -0.2) is 9.59 Å². The molecule has 5 aromatic rings. The lowest BCUT2D eigenvalue weighted by molar-refractivity contribution is -0.0336. The molecule has 12 heteroatoms. The molecule has 1 aromatic heterocycles. The number of unbranched alkanes of at least 4 members (excludes halogenated alkanes) is 1. The first-order valence-electron chi connectivity index (χ1n) is 19.8. The van der Waals surface area contributed by atoms with Gasteiger partial charge in [0, 0.05) is 31.0 Å². The van der Waals surface area contributed by atoms with Crippen LogP contribution >= 0.6 is 0 Å². The van der Waals surface area contributed by atoms with E-state index >= 15 is 0 Å². The fourth-order valence-corrected chi connectivity index (χ4v) is 7.71. The topological polar surface area (TPSA) is 162 Å². The Labute approximate surface area is 331 Å². The third kappa shape index (κ3) is 10.4. The Morgan fingerprint density at radius 1 is 0.877 bits per heavy atom. The third-order valence-corrected chi connectivity index (χ3v) is 10.9. The standard InChI is InChI=1S/C45H50N4O8/c50-38-17-15-36(37-16-18-41(52)47-43(37)38)39(51)28-46-22-4-5-25-56-44(53)33-13-11-30(12-14-33)21-26-55-35-10-6-9-34(27-35)42(32-7-2-1-3-8-32)48-45(54)57-40-29-49-23-19-31(40)20-24-49/h1-3,6-18,27,31,39-40,42,46,50-51H,4-5,19-26,28-29H2,(H,47,52)(H,48,54)/t39-,40+,42?/m1/s1. The minimum atomic E-state index is -0.837. The number of carbonyl (C=O) groups excluding carboxylic acids is 2. The monoisotopic (exact) mass is 774 g/mol.